The third-order valence-corrected chi connectivity index (χ3v) is 3.28. The van der Waals surface area contributed by atoms with Crippen molar-refractivity contribution in [3.05, 3.63) is 28.8 Å². The minimum absolute atomic E-state index is 0.318. The highest BCUT2D eigenvalue weighted by atomic mass is 35.5. The maximum Gasteiger partial charge on any atom is 0.0947 e. The number of hydrogen-bond donors (Lipinski definition) is 2. The lowest BCUT2D eigenvalue weighted by Crippen LogP contribution is -2.32. The van der Waals surface area contributed by atoms with Crippen LogP contribution in [0.1, 0.15) is 19.4 Å². The number of aliphatic hydroxyl groups is 1. The second-order valence-electron chi connectivity index (χ2n) is 5.31. The predicted molar refractivity (Wildman–Crippen MR) is 84.6 cm³/mol. The van der Waals surface area contributed by atoms with E-state index in [0.29, 0.717) is 24.2 Å². The molecule has 114 valence electrons. The second kappa shape index (κ2) is 8.47. The molecule has 20 heavy (non-hydrogen) atoms. The van der Waals surface area contributed by atoms with Gasteiger partial charge >= 0.3 is 0 Å². The zero-order valence-electron chi connectivity index (χ0n) is 12.7. The standard InChI is InChI=1S/C15H25ClN2O2/c1-11(2)17-8-12-5-6-15(14(16)7-12)18(3)9-13(19)10-20-4/h5-7,11,13,17,19H,8-10H2,1-4H3. The first-order valence-corrected chi connectivity index (χ1v) is 7.21. The van der Waals surface area contributed by atoms with Gasteiger partial charge in [-0.25, -0.2) is 0 Å². The highest BCUT2D eigenvalue weighted by Gasteiger charge is 2.11. The summed E-state index contributed by atoms with van der Waals surface area (Å²) in [6.45, 7) is 5.82. The van der Waals surface area contributed by atoms with Crippen molar-refractivity contribution in [3.8, 4) is 0 Å². The van der Waals surface area contributed by atoms with Gasteiger partial charge in [-0.1, -0.05) is 31.5 Å². The molecule has 0 amide bonds. The summed E-state index contributed by atoms with van der Waals surface area (Å²) in [5.41, 5.74) is 2.06. The number of nitrogens with one attached hydrogen (secondary N) is 1. The molecule has 0 bridgehead atoms. The van der Waals surface area contributed by atoms with Crippen LogP contribution in [0.5, 0.6) is 0 Å². The molecular formula is C15H25ClN2O2. The van der Waals surface area contributed by atoms with E-state index in [-0.39, 0.29) is 0 Å². The quantitative estimate of drug-likeness (QED) is 0.773. The summed E-state index contributed by atoms with van der Waals surface area (Å²) in [6.07, 6.45) is -0.525. The van der Waals surface area contributed by atoms with Gasteiger partial charge in [0.2, 0.25) is 0 Å². The van der Waals surface area contributed by atoms with E-state index >= 15 is 0 Å². The van der Waals surface area contributed by atoms with Crippen LogP contribution in [0.25, 0.3) is 0 Å². The molecular weight excluding hydrogens is 276 g/mol. The number of benzene rings is 1. The van der Waals surface area contributed by atoms with E-state index in [2.05, 4.69) is 25.2 Å². The van der Waals surface area contributed by atoms with Crippen LogP contribution < -0.4 is 10.2 Å². The van der Waals surface area contributed by atoms with Gasteiger partial charge in [0, 0.05) is 33.3 Å². The summed E-state index contributed by atoms with van der Waals surface area (Å²) in [4.78, 5) is 1.94. The molecule has 0 aliphatic heterocycles. The van der Waals surface area contributed by atoms with Crippen LogP contribution in [0.2, 0.25) is 5.02 Å². The topological polar surface area (TPSA) is 44.7 Å². The molecule has 5 heteroatoms. The first kappa shape index (κ1) is 17.2. The van der Waals surface area contributed by atoms with Crippen LogP contribution in [0.4, 0.5) is 5.69 Å². The molecule has 1 rings (SSSR count). The number of rotatable bonds is 8. The van der Waals surface area contributed by atoms with Crippen molar-refractivity contribution in [2.75, 3.05) is 32.2 Å². The number of likely N-dealkylation sites (N-methyl/N-ethyl adjacent to an activating group) is 1. The molecule has 0 aliphatic rings. The molecule has 0 radical (unpaired) electrons. The Kier molecular flexibility index (Phi) is 7.30. The van der Waals surface area contributed by atoms with Gasteiger partial charge in [-0.3, -0.25) is 0 Å². The maximum absolute atomic E-state index is 9.75. The fourth-order valence-electron chi connectivity index (χ4n) is 1.95. The lowest BCUT2D eigenvalue weighted by Gasteiger charge is -2.23. The van der Waals surface area contributed by atoms with Crippen LogP contribution in [0.15, 0.2) is 18.2 Å². The second-order valence-corrected chi connectivity index (χ2v) is 5.72. The Morgan fingerprint density at radius 3 is 2.65 bits per heavy atom. The molecule has 0 heterocycles. The smallest absolute Gasteiger partial charge is 0.0947 e. The minimum Gasteiger partial charge on any atom is -0.389 e. The van der Waals surface area contributed by atoms with Gasteiger partial charge in [-0.15, -0.1) is 0 Å². The molecule has 0 saturated heterocycles. The summed E-state index contributed by atoms with van der Waals surface area (Å²) in [5.74, 6) is 0. The van der Waals surface area contributed by atoms with Gasteiger partial charge < -0.3 is 20.1 Å². The zero-order valence-corrected chi connectivity index (χ0v) is 13.4. The van der Waals surface area contributed by atoms with E-state index < -0.39 is 6.10 Å². The van der Waals surface area contributed by atoms with Crippen LogP contribution in [-0.4, -0.2) is 44.6 Å². The van der Waals surface area contributed by atoms with E-state index in [1.165, 1.54) is 0 Å². The van der Waals surface area contributed by atoms with Crippen molar-refractivity contribution in [2.24, 2.45) is 0 Å². The van der Waals surface area contributed by atoms with Gasteiger partial charge in [-0.2, -0.15) is 0 Å². The van der Waals surface area contributed by atoms with Crippen molar-refractivity contribution < 1.29 is 9.84 Å². The lowest BCUT2D eigenvalue weighted by atomic mass is 10.1. The first-order valence-electron chi connectivity index (χ1n) is 6.84. The van der Waals surface area contributed by atoms with E-state index in [9.17, 15) is 5.11 Å². The summed E-state index contributed by atoms with van der Waals surface area (Å²) in [6, 6.07) is 6.45. The number of hydrogen-bond acceptors (Lipinski definition) is 4. The number of nitrogens with zero attached hydrogens (tertiary/aromatic N) is 1. The molecule has 1 aromatic carbocycles. The van der Waals surface area contributed by atoms with E-state index in [1.54, 1.807) is 7.11 Å². The molecule has 0 saturated carbocycles. The Morgan fingerprint density at radius 2 is 2.10 bits per heavy atom. The maximum atomic E-state index is 9.75. The Morgan fingerprint density at radius 1 is 1.40 bits per heavy atom. The summed E-state index contributed by atoms with van der Waals surface area (Å²) >= 11 is 6.32. The van der Waals surface area contributed by atoms with E-state index in [0.717, 1.165) is 17.8 Å². The molecule has 0 fully saturated rings. The summed E-state index contributed by atoms with van der Waals surface area (Å²) in [7, 11) is 3.48. The fraction of sp³-hybridized carbons (Fsp3) is 0.600. The van der Waals surface area contributed by atoms with Crippen LogP contribution in [0, 0.1) is 0 Å². The van der Waals surface area contributed by atoms with Crippen LogP contribution >= 0.6 is 11.6 Å². The van der Waals surface area contributed by atoms with Gasteiger partial charge in [0.15, 0.2) is 0 Å². The lowest BCUT2D eigenvalue weighted by molar-refractivity contribution is 0.0695. The van der Waals surface area contributed by atoms with E-state index in [4.69, 9.17) is 16.3 Å². The van der Waals surface area contributed by atoms with Crippen LogP contribution in [-0.2, 0) is 11.3 Å². The highest BCUT2D eigenvalue weighted by Crippen LogP contribution is 2.26. The van der Waals surface area contributed by atoms with E-state index in [1.807, 2.05) is 24.1 Å². The average Bonchev–Trinajstić information content (AvgIpc) is 2.36. The summed E-state index contributed by atoms with van der Waals surface area (Å²) < 4.78 is 4.93. The highest BCUT2D eigenvalue weighted by molar-refractivity contribution is 6.33. The zero-order chi connectivity index (χ0) is 15.1. The SMILES string of the molecule is COCC(O)CN(C)c1ccc(CNC(C)C)cc1Cl. The largest absolute Gasteiger partial charge is 0.389 e. The minimum atomic E-state index is -0.525. The molecule has 1 aromatic rings. The van der Waals surface area contributed by atoms with Crippen molar-refractivity contribution in [3.63, 3.8) is 0 Å². The normalized spacial score (nSPS) is 12.8. The van der Waals surface area contributed by atoms with Gasteiger partial charge in [0.25, 0.3) is 0 Å². The molecule has 0 aliphatic carbocycles. The van der Waals surface area contributed by atoms with Crippen molar-refractivity contribution in [1.29, 1.82) is 0 Å². The average molecular weight is 301 g/mol. The number of methoxy groups -OCH3 is 1. The number of anilines is 1. The number of halogens is 1. The molecule has 4 nitrogen and oxygen atoms in total. The Balaban J connectivity index is 2.67. The Labute approximate surface area is 126 Å². The Hall–Kier alpha value is -0.810. The van der Waals surface area contributed by atoms with Crippen molar-refractivity contribution in [2.45, 2.75) is 32.5 Å². The number of ether oxygens (including phenoxy) is 1. The molecule has 1 atom stereocenters. The molecule has 0 spiro atoms. The first-order chi connectivity index (χ1) is 9.43. The van der Waals surface area contributed by atoms with Crippen molar-refractivity contribution in [1.82, 2.24) is 5.32 Å². The molecule has 2 N–H and O–H groups in total. The third-order valence-electron chi connectivity index (χ3n) is 2.98. The van der Waals surface area contributed by atoms with Gasteiger partial charge in [0.1, 0.15) is 0 Å². The van der Waals surface area contributed by atoms with Crippen LogP contribution in [0.3, 0.4) is 0 Å². The fourth-order valence-corrected chi connectivity index (χ4v) is 2.30. The van der Waals surface area contributed by atoms with Crippen molar-refractivity contribution >= 4 is 17.3 Å². The Bertz CT molecular complexity index is 413. The molecule has 0 aromatic heterocycles. The monoisotopic (exact) mass is 300 g/mol. The summed E-state index contributed by atoms with van der Waals surface area (Å²) in [5, 5.41) is 13.8. The van der Waals surface area contributed by atoms with Gasteiger partial charge in [0.05, 0.1) is 23.4 Å². The third kappa shape index (κ3) is 5.67. The van der Waals surface area contributed by atoms with Gasteiger partial charge in [-0.05, 0) is 17.7 Å². The predicted octanol–water partition coefficient (Wildman–Crippen LogP) is 2.28. The molecule has 1 unspecified atom stereocenters. The number of aliphatic hydroxyl groups excluding tert-OH is 1.